The molecule has 0 saturated carbocycles. The summed E-state index contributed by atoms with van der Waals surface area (Å²) >= 11 is 0. The second-order valence-electron chi connectivity index (χ2n) is 9.58. The van der Waals surface area contributed by atoms with E-state index in [0.29, 0.717) is 13.2 Å². The van der Waals surface area contributed by atoms with Gasteiger partial charge in [0.15, 0.2) is 0 Å². The van der Waals surface area contributed by atoms with Crippen molar-refractivity contribution in [3.05, 3.63) is 29.8 Å². The summed E-state index contributed by atoms with van der Waals surface area (Å²) in [6, 6.07) is 7.58. The number of rotatable bonds is 5. The van der Waals surface area contributed by atoms with Gasteiger partial charge in [0.1, 0.15) is 5.54 Å². The van der Waals surface area contributed by atoms with Gasteiger partial charge in [-0.15, -0.1) is 0 Å². The van der Waals surface area contributed by atoms with Crippen LogP contribution in [0.3, 0.4) is 0 Å². The summed E-state index contributed by atoms with van der Waals surface area (Å²) in [6.45, 7) is 8.69. The zero-order chi connectivity index (χ0) is 23.0. The Hall–Kier alpha value is -2.61. The largest absolute Gasteiger partial charge is 0.449 e. The van der Waals surface area contributed by atoms with Crippen LogP contribution in [0.4, 0.5) is 10.5 Å². The highest BCUT2D eigenvalue weighted by Crippen LogP contribution is 2.53. The minimum atomic E-state index is -1.24. The summed E-state index contributed by atoms with van der Waals surface area (Å²) in [5.74, 6) is -1.47. The SMILES string of the molecule is CNC(=O)[C@H]1CN(C(=O)OCC(C)(C)C)[C@]2(C)C(=O)N(CCOC)c3ccccc3[C@H]12. The molecule has 0 radical (unpaired) electrons. The minimum absolute atomic E-state index is 0.113. The van der Waals surface area contributed by atoms with Gasteiger partial charge in [-0.25, -0.2) is 4.79 Å². The Bertz CT molecular complexity index is 865. The van der Waals surface area contributed by atoms with Crippen molar-refractivity contribution in [1.82, 2.24) is 10.2 Å². The van der Waals surface area contributed by atoms with Crippen LogP contribution in [0.5, 0.6) is 0 Å². The van der Waals surface area contributed by atoms with E-state index in [1.165, 1.54) is 4.90 Å². The van der Waals surface area contributed by atoms with Gasteiger partial charge >= 0.3 is 6.09 Å². The molecule has 3 atom stereocenters. The fraction of sp³-hybridized carbons (Fsp3) is 0.609. The number of hydrogen-bond acceptors (Lipinski definition) is 5. The Morgan fingerprint density at radius 2 is 1.94 bits per heavy atom. The van der Waals surface area contributed by atoms with Crippen molar-refractivity contribution >= 4 is 23.6 Å². The Balaban J connectivity index is 2.09. The molecule has 3 rings (SSSR count). The number of nitrogens with zero attached hydrogens (tertiary/aromatic N) is 2. The van der Waals surface area contributed by atoms with Crippen LogP contribution in [0, 0.1) is 11.3 Å². The van der Waals surface area contributed by atoms with Gasteiger partial charge in [-0.2, -0.15) is 0 Å². The van der Waals surface area contributed by atoms with Crippen LogP contribution in [0.2, 0.25) is 0 Å². The van der Waals surface area contributed by atoms with E-state index in [9.17, 15) is 14.4 Å². The number of para-hydroxylation sites is 1. The number of likely N-dealkylation sites (tertiary alicyclic amines) is 1. The van der Waals surface area contributed by atoms with Crippen LogP contribution < -0.4 is 10.2 Å². The third-order valence-electron chi connectivity index (χ3n) is 6.14. The third kappa shape index (κ3) is 4.01. The maximum atomic E-state index is 13.9. The van der Waals surface area contributed by atoms with Crippen LogP contribution in [-0.4, -0.2) is 68.8 Å². The molecule has 2 aliphatic heterocycles. The Labute approximate surface area is 183 Å². The molecule has 8 heteroatoms. The number of nitrogens with one attached hydrogen (secondary N) is 1. The Kier molecular flexibility index (Phi) is 6.32. The molecule has 1 N–H and O–H groups in total. The molecule has 3 amide bonds. The second-order valence-corrected chi connectivity index (χ2v) is 9.58. The number of carbonyl (C=O) groups excluding carboxylic acids is 3. The molecule has 1 aromatic rings. The van der Waals surface area contributed by atoms with Gasteiger partial charge < -0.3 is 19.7 Å². The lowest BCUT2D eigenvalue weighted by molar-refractivity contribution is -0.129. The van der Waals surface area contributed by atoms with Crippen molar-refractivity contribution in [2.24, 2.45) is 11.3 Å². The number of anilines is 1. The topological polar surface area (TPSA) is 88.2 Å². The van der Waals surface area contributed by atoms with Crippen molar-refractivity contribution in [3.8, 4) is 0 Å². The molecule has 2 aliphatic rings. The second kappa shape index (κ2) is 8.49. The van der Waals surface area contributed by atoms with Gasteiger partial charge in [0.05, 0.1) is 19.1 Å². The number of ether oxygens (including phenoxy) is 2. The average Bonchev–Trinajstić information content (AvgIpc) is 3.05. The maximum absolute atomic E-state index is 13.9. The van der Waals surface area contributed by atoms with Gasteiger partial charge in [-0.1, -0.05) is 39.0 Å². The zero-order valence-electron chi connectivity index (χ0n) is 19.2. The van der Waals surface area contributed by atoms with Gasteiger partial charge in [0, 0.05) is 38.9 Å². The standard InChI is InChI=1S/C23H33N3O5/c1-22(2,3)14-31-21(29)26-13-16(19(27)24-5)18-15-9-7-8-10-17(15)25(11-12-30-6)20(28)23(18,26)4/h7-10,16,18H,11-14H2,1-6H3,(H,24,27)/t16-,18+,23-/m0/s1. The monoisotopic (exact) mass is 431 g/mol. The number of fused-ring (bicyclic) bond motifs is 3. The first kappa shape index (κ1) is 23.1. The first-order valence-electron chi connectivity index (χ1n) is 10.6. The molecule has 0 aromatic heterocycles. The van der Waals surface area contributed by atoms with Crippen LogP contribution in [0.25, 0.3) is 0 Å². The first-order chi connectivity index (χ1) is 14.6. The van der Waals surface area contributed by atoms with E-state index in [-0.39, 0.29) is 30.4 Å². The highest BCUT2D eigenvalue weighted by Gasteiger charge is 2.63. The molecule has 0 unspecified atom stereocenters. The molecule has 8 nitrogen and oxygen atoms in total. The lowest BCUT2D eigenvalue weighted by Crippen LogP contribution is -2.62. The highest BCUT2D eigenvalue weighted by atomic mass is 16.6. The van der Waals surface area contributed by atoms with E-state index in [1.54, 1.807) is 26.0 Å². The Morgan fingerprint density at radius 1 is 1.26 bits per heavy atom. The number of benzene rings is 1. The summed E-state index contributed by atoms with van der Waals surface area (Å²) in [5, 5.41) is 2.70. The third-order valence-corrected chi connectivity index (χ3v) is 6.14. The average molecular weight is 432 g/mol. The minimum Gasteiger partial charge on any atom is -0.449 e. The van der Waals surface area contributed by atoms with Crippen LogP contribution >= 0.6 is 0 Å². The lowest BCUT2D eigenvalue weighted by atomic mass is 9.72. The molecular formula is C23H33N3O5. The predicted octanol–water partition coefficient (Wildman–Crippen LogP) is 2.38. The molecule has 1 fully saturated rings. The predicted molar refractivity (Wildman–Crippen MR) is 117 cm³/mol. The van der Waals surface area contributed by atoms with Crippen molar-refractivity contribution < 1.29 is 23.9 Å². The fourth-order valence-corrected chi connectivity index (χ4v) is 4.64. The smallest absolute Gasteiger partial charge is 0.410 e. The van der Waals surface area contributed by atoms with Crippen molar-refractivity contribution in [2.45, 2.75) is 39.2 Å². The molecule has 0 bridgehead atoms. The van der Waals surface area contributed by atoms with Crippen LogP contribution in [0.1, 0.15) is 39.2 Å². The van der Waals surface area contributed by atoms with E-state index >= 15 is 0 Å². The lowest BCUT2D eigenvalue weighted by Gasteiger charge is -2.46. The van der Waals surface area contributed by atoms with E-state index in [0.717, 1.165) is 11.3 Å². The maximum Gasteiger partial charge on any atom is 0.410 e. The summed E-state index contributed by atoms with van der Waals surface area (Å²) < 4.78 is 10.8. The van der Waals surface area contributed by atoms with Crippen LogP contribution in [-0.2, 0) is 19.1 Å². The zero-order valence-corrected chi connectivity index (χ0v) is 19.2. The number of carbonyl (C=O) groups is 3. The molecule has 170 valence electrons. The molecule has 1 saturated heterocycles. The Morgan fingerprint density at radius 3 is 2.55 bits per heavy atom. The van der Waals surface area contributed by atoms with Crippen molar-refractivity contribution in [2.75, 3.05) is 45.4 Å². The molecule has 2 heterocycles. The molecule has 31 heavy (non-hydrogen) atoms. The number of amides is 3. The fourth-order valence-electron chi connectivity index (χ4n) is 4.64. The summed E-state index contributed by atoms with van der Waals surface area (Å²) in [6.07, 6.45) is -0.576. The van der Waals surface area contributed by atoms with Gasteiger partial charge in [0.25, 0.3) is 5.91 Å². The van der Waals surface area contributed by atoms with Crippen molar-refractivity contribution in [1.29, 1.82) is 0 Å². The van der Waals surface area contributed by atoms with Gasteiger partial charge in [0.2, 0.25) is 5.91 Å². The number of hydrogen-bond donors (Lipinski definition) is 1. The van der Waals surface area contributed by atoms with E-state index in [2.05, 4.69) is 5.32 Å². The summed E-state index contributed by atoms with van der Waals surface area (Å²) in [4.78, 5) is 43.0. The number of methoxy groups -OCH3 is 1. The van der Waals surface area contributed by atoms with Gasteiger partial charge in [-0.05, 0) is 24.0 Å². The summed E-state index contributed by atoms with van der Waals surface area (Å²) in [7, 11) is 3.15. The van der Waals surface area contributed by atoms with Gasteiger partial charge in [-0.3, -0.25) is 14.5 Å². The molecular weight excluding hydrogens is 398 g/mol. The van der Waals surface area contributed by atoms with Crippen LogP contribution in [0.15, 0.2) is 24.3 Å². The van der Waals surface area contributed by atoms with Crippen molar-refractivity contribution in [3.63, 3.8) is 0 Å². The highest BCUT2D eigenvalue weighted by molar-refractivity contribution is 6.07. The molecule has 1 aromatic carbocycles. The van der Waals surface area contributed by atoms with E-state index < -0.39 is 23.5 Å². The van der Waals surface area contributed by atoms with E-state index in [1.807, 2.05) is 45.0 Å². The van der Waals surface area contributed by atoms with E-state index in [4.69, 9.17) is 9.47 Å². The molecule has 0 aliphatic carbocycles. The quantitative estimate of drug-likeness (QED) is 0.773. The summed E-state index contributed by atoms with van der Waals surface area (Å²) in [5.41, 5.74) is 0.170. The normalized spacial score (nSPS) is 25.2. The molecule has 0 spiro atoms. The first-order valence-corrected chi connectivity index (χ1v) is 10.6.